The molecule has 3 nitrogen and oxygen atoms in total. The third-order valence-electron chi connectivity index (χ3n) is 3.79. The van der Waals surface area contributed by atoms with Crippen molar-refractivity contribution in [1.29, 1.82) is 0 Å². The fraction of sp³-hybridized carbons (Fsp3) is 0.0526. The molecule has 0 spiro atoms. The van der Waals surface area contributed by atoms with Crippen LogP contribution in [0.15, 0.2) is 72.8 Å². The van der Waals surface area contributed by atoms with Crippen LogP contribution in [0.2, 0.25) is 0 Å². The zero-order valence-corrected chi connectivity index (χ0v) is 14.6. The number of hydrogen-bond donors (Lipinski definition) is 0. The molecule has 0 amide bonds. The van der Waals surface area contributed by atoms with Gasteiger partial charge in [-0.1, -0.05) is 30.3 Å². The van der Waals surface area contributed by atoms with E-state index in [4.69, 9.17) is 4.18 Å². The standard InChI is InChI=1S/C19H15O3S2/c1-24(20,21)22-14-11-12-19-17(13-14)16-9-5-6-10-18(16)23(19)15-7-3-2-4-8-15/h2-13H,1H3/q+1. The second-order valence-corrected chi connectivity index (χ2v) is 9.10. The molecular formula is C19H15O3S2+. The van der Waals surface area contributed by atoms with E-state index >= 15 is 0 Å². The first-order chi connectivity index (χ1) is 11.5. The van der Waals surface area contributed by atoms with Crippen molar-refractivity contribution in [2.24, 2.45) is 0 Å². The van der Waals surface area contributed by atoms with Crippen molar-refractivity contribution in [3.63, 3.8) is 0 Å². The Labute approximate surface area is 143 Å². The second kappa shape index (κ2) is 5.61. The zero-order valence-electron chi connectivity index (χ0n) is 13.0. The molecule has 4 rings (SSSR count). The highest BCUT2D eigenvalue weighted by Gasteiger charge is 2.23. The maximum atomic E-state index is 11.4. The van der Waals surface area contributed by atoms with E-state index in [2.05, 4.69) is 24.3 Å². The molecule has 1 aromatic heterocycles. The van der Waals surface area contributed by atoms with Gasteiger partial charge in [-0.15, -0.1) is 0 Å². The van der Waals surface area contributed by atoms with Gasteiger partial charge in [0.1, 0.15) is 5.75 Å². The van der Waals surface area contributed by atoms with Crippen LogP contribution in [-0.2, 0) is 10.1 Å². The van der Waals surface area contributed by atoms with Crippen molar-refractivity contribution in [2.75, 3.05) is 6.26 Å². The Bertz CT molecular complexity index is 1140. The highest BCUT2D eigenvalue weighted by molar-refractivity contribution is 7.86. The van der Waals surface area contributed by atoms with E-state index in [1.807, 2.05) is 42.5 Å². The van der Waals surface area contributed by atoms with E-state index in [0.29, 0.717) is 5.75 Å². The molecule has 0 fully saturated rings. The van der Waals surface area contributed by atoms with Crippen LogP contribution < -0.4 is 4.18 Å². The Morgan fingerprint density at radius 1 is 0.792 bits per heavy atom. The first kappa shape index (κ1) is 15.2. The van der Waals surface area contributed by atoms with Crippen molar-refractivity contribution < 1.29 is 12.6 Å². The van der Waals surface area contributed by atoms with Crippen LogP contribution >= 0.6 is 10.5 Å². The molecular weight excluding hydrogens is 340 g/mol. The minimum absolute atomic E-state index is 0.177. The third-order valence-corrected chi connectivity index (χ3v) is 6.63. The molecule has 3 aromatic carbocycles. The average molecular weight is 355 g/mol. The van der Waals surface area contributed by atoms with Crippen LogP contribution in [-0.4, -0.2) is 14.7 Å². The van der Waals surface area contributed by atoms with Crippen LogP contribution in [0.3, 0.4) is 0 Å². The molecule has 0 aliphatic carbocycles. The fourth-order valence-corrected chi connectivity index (χ4v) is 5.75. The zero-order chi connectivity index (χ0) is 16.7. The maximum absolute atomic E-state index is 11.4. The van der Waals surface area contributed by atoms with Gasteiger partial charge in [0.25, 0.3) is 0 Å². The van der Waals surface area contributed by atoms with Crippen LogP contribution in [0.1, 0.15) is 0 Å². The van der Waals surface area contributed by atoms with Gasteiger partial charge in [-0.3, -0.25) is 0 Å². The molecule has 0 saturated heterocycles. The van der Waals surface area contributed by atoms with Crippen molar-refractivity contribution in [2.45, 2.75) is 0 Å². The fourth-order valence-electron chi connectivity index (χ4n) is 2.92. The Morgan fingerprint density at radius 3 is 2.21 bits per heavy atom. The topological polar surface area (TPSA) is 43.4 Å². The average Bonchev–Trinajstić information content (AvgIpc) is 2.88. The first-order valence-corrected chi connectivity index (χ1v) is 10.5. The molecule has 1 atom stereocenters. The predicted octanol–water partition coefficient (Wildman–Crippen LogP) is 5.07. The highest BCUT2D eigenvalue weighted by Crippen LogP contribution is 2.48. The number of benzene rings is 3. The molecule has 1 heterocycles. The molecule has 4 aromatic rings. The quantitative estimate of drug-likeness (QED) is 0.381. The summed E-state index contributed by atoms with van der Waals surface area (Å²) in [6.45, 7) is 0. The molecule has 24 heavy (non-hydrogen) atoms. The molecule has 5 heteroatoms. The number of hydrogen-bond acceptors (Lipinski definition) is 3. The largest absolute Gasteiger partial charge is 0.383 e. The van der Waals surface area contributed by atoms with Gasteiger partial charge in [0.2, 0.25) is 0 Å². The molecule has 0 bridgehead atoms. The summed E-state index contributed by atoms with van der Waals surface area (Å²) in [6.07, 6.45) is 1.06. The molecule has 1 unspecified atom stereocenters. The van der Waals surface area contributed by atoms with Gasteiger partial charge in [0.05, 0.1) is 11.6 Å². The Hall–Kier alpha value is -2.37. The van der Waals surface area contributed by atoms with E-state index in [0.717, 1.165) is 17.0 Å². The smallest absolute Gasteiger partial charge is 0.306 e. The summed E-state index contributed by atoms with van der Waals surface area (Å²) in [6, 6.07) is 24.2. The predicted molar refractivity (Wildman–Crippen MR) is 101 cm³/mol. The minimum Gasteiger partial charge on any atom is -0.383 e. The molecule has 0 radical (unpaired) electrons. The Morgan fingerprint density at radius 2 is 1.46 bits per heavy atom. The number of rotatable bonds is 3. The minimum atomic E-state index is -3.54. The van der Waals surface area contributed by atoms with E-state index < -0.39 is 10.1 Å². The van der Waals surface area contributed by atoms with Crippen LogP contribution in [0, 0.1) is 0 Å². The Balaban J connectivity index is 2.05. The van der Waals surface area contributed by atoms with Gasteiger partial charge in [0.15, 0.2) is 14.3 Å². The Kier molecular flexibility index (Phi) is 3.55. The van der Waals surface area contributed by atoms with E-state index in [1.165, 1.54) is 14.3 Å². The summed E-state index contributed by atoms with van der Waals surface area (Å²) in [4.78, 5) is 1.25. The summed E-state index contributed by atoms with van der Waals surface area (Å²) in [7, 11) is -3.71. The van der Waals surface area contributed by atoms with Gasteiger partial charge in [0, 0.05) is 21.9 Å². The number of fused-ring (bicyclic) bond motifs is 3. The lowest BCUT2D eigenvalue weighted by Gasteiger charge is -2.01. The van der Waals surface area contributed by atoms with Crippen molar-refractivity contribution >= 4 is 40.8 Å². The van der Waals surface area contributed by atoms with Gasteiger partial charge < -0.3 is 4.18 Å². The SMILES string of the molecule is CS(=O)(=O)Oc1ccc2c(c1)c1ccccc1[s+]2-c1ccccc1. The molecule has 0 saturated carbocycles. The van der Waals surface area contributed by atoms with E-state index in [9.17, 15) is 8.42 Å². The van der Waals surface area contributed by atoms with Crippen molar-refractivity contribution in [3.8, 4) is 10.6 Å². The lowest BCUT2D eigenvalue weighted by atomic mass is 10.1. The lowest BCUT2D eigenvalue weighted by Crippen LogP contribution is -2.05. The van der Waals surface area contributed by atoms with Crippen LogP contribution in [0.5, 0.6) is 5.75 Å². The summed E-state index contributed by atoms with van der Waals surface area (Å²) in [5.41, 5.74) is 0. The van der Waals surface area contributed by atoms with E-state index in [-0.39, 0.29) is 10.5 Å². The molecule has 0 aliphatic rings. The second-order valence-electron chi connectivity index (χ2n) is 5.56. The monoisotopic (exact) mass is 355 g/mol. The van der Waals surface area contributed by atoms with Crippen LogP contribution in [0.25, 0.3) is 25.1 Å². The highest BCUT2D eigenvalue weighted by atomic mass is 32.2. The van der Waals surface area contributed by atoms with Crippen molar-refractivity contribution in [1.82, 2.24) is 0 Å². The van der Waals surface area contributed by atoms with Gasteiger partial charge in [-0.2, -0.15) is 8.42 Å². The maximum Gasteiger partial charge on any atom is 0.306 e. The number of thiophene rings is 1. The molecule has 0 aliphatic heterocycles. The summed E-state index contributed by atoms with van der Waals surface area (Å²) >= 11 is 0. The van der Waals surface area contributed by atoms with Gasteiger partial charge >= 0.3 is 10.1 Å². The van der Waals surface area contributed by atoms with Crippen molar-refractivity contribution in [3.05, 3.63) is 72.8 Å². The summed E-state index contributed by atoms with van der Waals surface area (Å²) < 4.78 is 30.3. The van der Waals surface area contributed by atoms with Gasteiger partial charge in [-0.25, -0.2) is 0 Å². The third kappa shape index (κ3) is 2.66. The normalized spacial score (nSPS) is 12.6. The van der Waals surface area contributed by atoms with Crippen LogP contribution in [0.4, 0.5) is 0 Å². The summed E-state index contributed by atoms with van der Waals surface area (Å²) in [5.74, 6) is 0.351. The summed E-state index contributed by atoms with van der Waals surface area (Å²) in [5, 5.41) is 2.18. The molecule has 0 N–H and O–H groups in total. The van der Waals surface area contributed by atoms with Gasteiger partial charge in [-0.05, 0) is 36.4 Å². The first-order valence-electron chi connectivity index (χ1n) is 7.45. The lowest BCUT2D eigenvalue weighted by molar-refractivity contribution is 0.493. The molecule has 120 valence electrons. The van der Waals surface area contributed by atoms with E-state index in [1.54, 1.807) is 6.07 Å².